The Morgan fingerprint density at radius 3 is 2.53 bits per heavy atom. The molecule has 0 saturated heterocycles. The number of hydrogen-bond donors (Lipinski definition) is 5. The second kappa shape index (κ2) is 16.8. The van der Waals surface area contributed by atoms with Crippen LogP contribution >= 0.6 is 0 Å². The molecular formula is C25H37N6NiO3Si-2. The minimum absolute atomic E-state index is 0.0883. The summed E-state index contributed by atoms with van der Waals surface area (Å²) in [5, 5.41) is 6.75. The number of carbonyl (C=O) groups excluding carboxylic acids is 3. The summed E-state index contributed by atoms with van der Waals surface area (Å²) in [7, 11) is 1.69. The van der Waals surface area contributed by atoms with E-state index in [1.165, 1.54) is 0 Å². The Kier molecular flexibility index (Phi) is 14.6. The van der Waals surface area contributed by atoms with Crippen LogP contribution in [0.1, 0.15) is 45.6 Å². The molecule has 0 aliphatic carbocycles. The summed E-state index contributed by atoms with van der Waals surface area (Å²) in [6.07, 6.45) is 6.38. The van der Waals surface area contributed by atoms with Gasteiger partial charge in [0.1, 0.15) is 0 Å². The SMILES string of the molecule is CN=C(N)NCCC[C@@H]([C-]=O)NC(=O)[C@@H](C)CC(C)C.NC(=O)[C-](Cc1c[nH]c2ccccc12)[Si]=[Ni]. The molecule has 0 saturated carbocycles. The first-order valence-corrected chi connectivity index (χ1v) is 14.1. The Morgan fingerprint density at radius 2 is 1.94 bits per heavy atom. The molecule has 11 heteroatoms. The maximum absolute atomic E-state index is 11.9. The van der Waals surface area contributed by atoms with E-state index in [2.05, 4.69) is 48.8 Å². The molecule has 1 aromatic heterocycles. The van der Waals surface area contributed by atoms with Gasteiger partial charge in [0.05, 0.1) is 0 Å². The van der Waals surface area contributed by atoms with Gasteiger partial charge in [0.15, 0.2) is 5.96 Å². The molecular weight excluding hydrogens is 519 g/mol. The van der Waals surface area contributed by atoms with E-state index < -0.39 is 6.04 Å². The van der Waals surface area contributed by atoms with Crippen LogP contribution in [-0.4, -0.2) is 56.4 Å². The zero-order valence-corrected chi connectivity index (χ0v) is 23.3. The van der Waals surface area contributed by atoms with Crippen molar-refractivity contribution >= 4 is 42.7 Å². The number of benzene rings is 1. The molecule has 2 aromatic rings. The fraction of sp³-hybridized carbons (Fsp3) is 0.480. The van der Waals surface area contributed by atoms with Crippen molar-refractivity contribution in [2.45, 2.75) is 52.5 Å². The summed E-state index contributed by atoms with van der Waals surface area (Å²) in [5.41, 5.74) is 13.5. The first kappa shape index (κ1) is 31.3. The number of nitrogens with two attached hydrogens (primary N) is 2. The van der Waals surface area contributed by atoms with E-state index in [0.717, 1.165) is 22.9 Å². The van der Waals surface area contributed by atoms with Crippen LogP contribution < -0.4 is 22.1 Å². The molecule has 0 fully saturated rings. The van der Waals surface area contributed by atoms with Crippen LogP contribution in [0.15, 0.2) is 35.5 Å². The van der Waals surface area contributed by atoms with Crippen LogP contribution in [0.25, 0.3) is 10.9 Å². The Labute approximate surface area is 222 Å². The summed E-state index contributed by atoms with van der Waals surface area (Å²) >= 11 is 4.63. The van der Waals surface area contributed by atoms with Gasteiger partial charge >= 0.3 is 102 Å². The normalized spacial score (nSPS) is 12.8. The minimum atomic E-state index is -0.557. The number of aliphatic imine (C=N–C) groups is 1. The van der Waals surface area contributed by atoms with Crippen LogP contribution in [-0.2, 0) is 35.2 Å². The number of amides is 2. The molecule has 7 N–H and O–H groups in total. The van der Waals surface area contributed by atoms with Gasteiger partial charge in [-0.05, 0) is 18.8 Å². The average molecular weight is 556 g/mol. The van der Waals surface area contributed by atoms with Crippen molar-refractivity contribution in [2.24, 2.45) is 28.3 Å². The zero-order valence-electron chi connectivity index (χ0n) is 21.3. The quantitative estimate of drug-likeness (QED) is 0.0831. The van der Waals surface area contributed by atoms with Gasteiger partial charge in [0.2, 0.25) is 5.91 Å². The topological polar surface area (TPSA) is 155 Å². The van der Waals surface area contributed by atoms with Gasteiger partial charge in [-0.2, -0.15) is 0 Å². The monoisotopic (exact) mass is 555 g/mol. The Bertz CT molecular complexity index is 1030. The molecule has 1 aromatic carbocycles. The van der Waals surface area contributed by atoms with Crippen LogP contribution in [0.5, 0.6) is 0 Å². The summed E-state index contributed by atoms with van der Waals surface area (Å²) in [6.45, 7) is 6.62. The molecule has 2 atom stereocenters. The third kappa shape index (κ3) is 11.3. The number of guanidine groups is 1. The number of para-hydroxylation sites is 1. The molecule has 1 heterocycles. The van der Waals surface area contributed by atoms with E-state index >= 15 is 0 Å². The first-order valence-electron chi connectivity index (χ1n) is 11.8. The molecule has 36 heavy (non-hydrogen) atoms. The van der Waals surface area contributed by atoms with Crippen molar-refractivity contribution in [1.29, 1.82) is 0 Å². The number of aromatic amines is 1. The van der Waals surface area contributed by atoms with Gasteiger partial charge in [0.25, 0.3) is 0 Å². The van der Waals surface area contributed by atoms with Crippen molar-refractivity contribution < 1.29 is 28.7 Å². The maximum atomic E-state index is 11.9. The van der Waals surface area contributed by atoms with Crippen molar-refractivity contribution in [1.82, 2.24) is 15.6 Å². The van der Waals surface area contributed by atoms with Crippen LogP contribution in [0.4, 0.5) is 0 Å². The van der Waals surface area contributed by atoms with E-state index in [-0.39, 0.29) is 25.5 Å². The number of nitrogens with zero attached hydrogens (tertiary/aromatic N) is 1. The van der Waals surface area contributed by atoms with Crippen molar-refractivity contribution in [3.05, 3.63) is 41.6 Å². The Balaban J connectivity index is 0.000000367. The number of aromatic nitrogens is 1. The van der Waals surface area contributed by atoms with Crippen molar-refractivity contribution in [2.75, 3.05) is 13.6 Å². The fourth-order valence-electron chi connectivity index (χ4n) is 3.51. The van der Waals surface area contributed by atoms with E-state index in [9.17, 15) is 14.4 Å². The average Bonchev–Trinajstić information content (AvgIpc) is 3.26. The van der Waals surface area contributed by atoms with Gasteiger partial charge in [-0.1, -0.05) is 33.2 Å². The molecule has 0 bridgehead atoms. The van der Waals surface area contributed by atoms with E-state index in [1.807, 2.05) is 43.7 Å². The van der Waals surface area contributed by atoms with Crippen molar-refractivity contribution in [3.8, 4) is 0 Å². The van der Waals surface area contributed by atoms with Crippen LogP contribution in [0.3, 0.4) is 0 Å². The standard InChI is InChI=1S/C14H27N4O2.C11H10N2OSi.Ni/c1-10(2)8-11(3)13(20)18-12(9-19)6-5-7-17-14(15)16-4;12-11(14)10(15)5-7-6-13-9-4-2-1-3-8(7)9;/h10-12H,5-8H2,1-4H3,(H,18,20)(H3,15,16,17);1-4,6,13H,5H2,(H2,12,14);/q2*-1;/t11-,12-;;/m0../s1. The molecule has 2 rings (SSSR count). The number of primary amides is 1. The predicted octanol–water partition coefficient (Wildman–Crippen LogP) is 1.47. The first-order chi connectivity index (χ1) is 17.1. The third-order valence-corrected chi connectivity index (χ3v) is 6.89. The molecule has 0 spiro atoms. The Hall–Kier alpha value is -2.78. The summed E-state index contributed by atoms with van der Waals surface area (Å²) in [5.74, 6) is 0.262. The second-order valence-corrected chi connectivity index (χ2v) is 10.3. The zero-order chi connectivity index (χ0) is 27.1. The number of carbonyl (C=O) groups is 2. The van der Waals surface area contributed by atoms with E-state index in [4.69, 9.17) is 11.5 Å². The number of fused-ring (bicyclic) bond motifs is 1. The number of hydrogen-bond acceptors (Lipinski definition) is 4. The van der Waals surface area contributed by atoms with Crippen molar-refractivity contribution in [3.63, 3.8) is 0 Å². The van der Waals surface area contributed by atoms with Gasteiger partial charge in [-0.3, -0.25) is 9.79 Å². The van der Waals surface area contributed by atoms with Crippen LogP contribution in [0, 0.1) is 17.4 Å². The summed E-state index contributed by atoms with van der Waals surface area (Å²) in [6, 6.07) is 7.41. The number of nitrogens with one attached hydrogen (secondary N) is 3. The van der Waals surface area contributed by atoms with Crippen LogP contribution in [0.2, 0.25) is 0 Å². The number of rotatable bonds is 13. The molecule has 2 amide bonds. The molecule has 0 aliphatic heterocycles. The predicted molar refractivity (Wildman–Crippen MR) is 141 cm³/mol. The van der Waals surface area contributed by atoms with Gasteiger partial charge in [0, 0.05) is 19.5 Å². The molecule has 0 unspecified atom stereocenters. The Morgan fingerprint density at radius 1 is 1.25 bits per heavy atom. The molecule has 0 aliphatic rings. The fourth-order valence-corrected chi connectivity index (χ4v) is 4.46. The summed E-state index contributed by atoms with van der Waals surface area (Å²) in [4.78, 5) is 40.8. The molecule has 201 valence electrons. The number of H-pyrrole nitrogens is 1. The summed E-state index contributed by atoms with van der Waals surface area (Å²) < 4.78 is 0. The second-order valence-electron chi connectivity index (χ2n) is 8.85. The molecule has 9 nitrogen and oxygen atoms in total. The molecule has 1 radical (unpaired) electrons. The van der Waals surface area contributed by atoms with Gasteiger partial charge in [-0.15, -0.1) is 0 Å². The van der Waals surface area contributed by atoms with E-state index in [1.54, 1.807) is 7.05 Å². The van der Waals surface area contributed by atoms with Gasteiger partial charge in [-0.25, -0.2) is 6.29 Å². The van der Waals surface area contributed by atoms with Gasteiger partial charge < -0.3 is 21.2 Å². The van der Waals surface area contributed by atoms with E-state index in [0.29, 0.717) is 43.2 Å². The third-order valence-electron chi connectivity index (χ3n) is 5.38.